The number of hydrogen-bond acceptors (Lipinski definition) is 4. The minimum atomic E-state index is 0.818. The van der Waals surface area contributed by atoms with Gasteiger partial charge < -0.3 is 0 Å². The maximum absolute atomic E-state index is 3.99. The van der Waals surface area contributed by atoms with Crippen LogP contribution in [0.25, 0.3) is 0 Å². The lowest BCUT2D eigenvalue weighted by molar-refractivity contribution is 0.577. The molecule has 1 aliphatic rings. The van der Waals surface area contributed by atoms with Crippen LogP contribution in [0.2, 0.25) is 0 Å². The molecule has 0 fully saturated rings. The van der Waals surface area contributed by atoms with Crippen molar-refractivity contribution in [1.29, 1.82) is 0 Å². The Morgan fingerprint density at radius 1 is 1.33 bits per heavy atom. The number of aryl methyl sites for hydroxylation is 1. The van der Waals surface area contributed by atoms with Gasteiger partial charge >= 0.3 is 0 Å². The number of hydrazone groups is 1. The number of rotatable bonds is 1. The minimum Gasteiger partial charge on any atom is -0.285 e. The van der Waals surface area contributed by atoms with Crippen LogP contribution < -0.4 is 16.5 Å². The molecule has 1 aromatic rings. The topological polar surface area (TPSA) is 48.5 Å². The monoisotopic (exact) mass is 162 g/mol. The third kappa shape index (κ3) is 1.24. The Labute approximate surface area is 70.6 Å². The lowest BCUT2D eigenvalue weighted by Crippen LogP contribution is -2.35. The molecule has 1 heterocycles. The Hall–Kier alpha value is -1.55. The standard InChI is InChI=1S/C8H10N4/c1-6-3-2-4-7(5-6)8-9-11-12-10-8/h2-5,11-12H,1H3,(H,9,10). The molecule has 62 valence electrons. The van der Waals surface area contributed by atoms with Crippen LogP contribution in [0.1, 0.15) is 11.1 Å². The summed E-state index contributed by atoms with van der Waals surface area (Å²) in [5.74, 6) is 0.818. The van der Waals surface area contributed by atoms with Crippen molar-refractivity contribution in [2.75, 3.05) is 0 Å². The van der Waals surface area contributed by atoms with E-state index in [1.54, 1.807) is 0 Å². The van der Waals surface area contributed by atoms with Gasteiger partial charge in [0.2, 0.25) is 0 Å². The Kier molecular flexibility index (Phi) is 1.68. The van der Waals surface area contributed by atoms with Crippen molar-refractivity contribution < 1.29 is 0 Å². The summed E-state index contributed by atoms with van der Waals surface area (Å²) in [4.78, 5) is 0. The summed E-state index contributed by atoms with van der Waals surface area (Å²) in [7, 11) is 0. The molecule has 1 aromatic carbocycles. The Bertz CT molecular complexity index is 319. The van der Waals surface area contributed by atoms with E-state index in [1.165, 1.54) is 5.56 Å². The van der Waals surface area contributed by atoms with Gasteiger partial charge in [0.25, 0.3) is 0 Å². The quantitative estimate of drug-likeness (QED) is 0.555. The van der Waals surface area contributed by atoms with E-state index in [1.807, 2.05) is 12.1 Å². The number of amidine groups is 1. The molecule has 0 aromatic heterocycles. The van der Waals surface area contributed by atoms with E-state index in [-0.39, 0.29) is 0 Å². The summed E-state index contributed by atoms with van der Waals surface area (Å²) in [6.45, 7) is 2.06. The number of hydrazine groups is 2. The van der Waals surface area contributed by atoms with Gasteiger partial charge in [-0.05, 0) is 13.0 Å². The molecule has 0 unspecified atom stereocenters. The highest BCUT2D eigenvalue weighted by atomic mass is 15.8. The van der Waals surface area contributed by atoms with E-state index < -0.39 is 0 Å². The predicted molar refractivity (Wildman–Crippen MR) is 47.1 cm³/mol. The molecule has 4 nitrogen and oxygen atoms in total. The summed E-state index contributed by atoms with van der Waals surface area (Å²) in [5.41, 5.74) is 10.5. The molecule has 2 rings (SSSR count). The van der Waals surface area contributed by atoms with Gasteiger partial charge in [0.15, 0.2) is 5.84 Å². The molecule has 0 bridgehead atoms. The molecule has 3 N–H and O–H groups in total. The van der Waals surface area contributed by atoms with E-state index >= 15 is 0 Å². The number of nitrogens with one attached hydrogen (secondary N) is 3. The zero-order chi connectivity index (χ0) is 8.39. The average Bonchev–Trinajstić information content (AvgIpc) is 2.56. The van der Waals surface area contributed by atoms with E-state index in [0.29, 0.717) is 0 Å². The van der Waals surface area contributed by atoms with Crippen LogP contribution in [-0.4, -0.2) is 5.84 Å². The van der Waals surface area contributed by atoms with Crippen LogP contribution in [0.3, 0.4) is 0 Å². The molecule has 0 amide bonds. The van der Waals surface area contributed by atoms with Gasteiger partial charge in [0, 0.05) is 5.56 Å². The van der Waals surface area contributed by atoms with Gasteiger partial charge in [-0.25, -0.2) is 5.53 Å². The lowest BCUT2D eigenvalue weighted by Gasteiger charge is -2.00. The molecule has 0 radical (unpaired) electrons. The maximum atomic E-state index is 3.99. The van der Waals surface area contributed by atoms with E-state index in [0.717, 1.165) is 11.4 Å². The lowest BCUT2D eigenvalue weighted by atomic mass is 10.1. The zero-order valence-corrected chi connectivity index (χ0v) is 6.76. The summed E-state index contributed by atoms with van der Waals surface area (Å²) in [6.07, 6.45) is 0. The molecular weight excluding hydrogens is 152 g/mol. The molecule has 0 spiro atoms. The van der Waals surface area contributed by atoms with Crippen molar-refractivity contribution in [3.05, 3.63) is 35.4 Å². The minimum absolute atomic E-state index is 0.818. The molecule has 0 atom stereocenters. The molecule has 4 heteroatoms. The Morgan fingerprint density at radius 3 is 2.92 bits per heavy atom. The maximum Gasteiger partial charge on any atom is 0.170 e. The largest absolute Gasteiger partial charge is 0.285 e. The Balaban J connectivity index is 2.33. The molecule has 0 aliphatic carbocycles. The van der Waals surface area contributed by atoms with Gasteiger partial charge in [-0.3, -0.25) is 5.43 Å². The van der Waals surface area contributed by atoms with Crippen LogP contribution in [-0.2, 0) is 0 Å². The third-order valence-electron chi connectivity index (χ3n) is 1.70. The second kappa shape index (κ2) is 2.83. The zero-order valence-electron chi connectivity index (χ0n) is 6.76. The summed E-state index contributed by atoms with van der Waals surface area (Å²) < 4.78 is 0. The molecule has 12 heavy (non-hydrogen) atoms. The average molecular weight is 162 g/mol. The van der Waals surface area contributed by atoms with Crippen LogP contribution >= 0.6 is 0 Å². The first-order valence-electron chi connectivity index (χ1n) is 3.77. The fourth-order valence-electron chi connectivity index (χ4n) is 1.13. The molecule has 0 saturated heterocycles. The number of nitrogens with zero attached hydrogens (tertiary/aromatic N) is 1. The fraction of sp³-hybridized carbons (Fsp3) is 0.125. The van der Waals surface area contributed by atoms with Crippen molar-refractivity contribution in [2.45, 2.75) is 6.92 Å². The SMILES string of the molecule is Cc1cccc(C2=NNNN2)c1. The van der Waals surface area contributed by atoms with E-state index in [2.05, 4.69) is 40.7 Å². The number of benzene rings is 1. The van der Waals surface area contributed by atoms with Gasteiger partial charge in [-0.15, -0.1) is 10.6 Å². The second-order valence-corrected chi connectivity index (χ2v) is 2.69. The highest BCUT2D eigenvalue weighted by Crippen LogP contribution is 2.04. The second-order valence-electron chi connectivity index (χ2n) is 2.69. The van der Waals surface area contributed by atoms with Crippen molar-refractivity contribution in [1.82, 2.24) is 16.5 Å². The highest BCUT2D eigenvalue weighted by molar-refractivity contribution is 5.98. The van der Waals surface area contributed by atoms with Crippen molar-refractivity contribution >= 4 is 5.84 Å². The van der Waals surface area contributed by atoms with Gasteiger partial charge in [-0.2, -0.15) is 0 Å². The van der Waals surface area contributed by atoms with Gasteiger partial charge in [-0.1, -0.05) is 23.8 Å². The van der Waals surface area contributed by atoms with Crippen LogP contribution in [0.5, 0.6) is 0 Å². The van der Waals surface area contributed by atoms with Gasteiger partial charge in [0.05, 0.1) is 0 Å². The third-order valence-corrected chi connectivity index (χ3v) is 1.70. The van der Waals surface area contributed by atoms with Gasteiger partial charge in [0.1, 0.15) is 0 Å². The molecular formula is C8H10N4. The van der Waals surface area contributed by atoms with E-state index in [9.17, 15) is 0 Å². The first-order chi connectivity index (χ1) is 5.86. The molecule has 1 aliphatic heterocycles. The summed E-state index contributed by atoms with van der Waals surface area (Å²) in [5, 5.41) is 3.99. The Morgan fingerprint density at radius 2 is 2.25 bits per heavy atom. The van der Waals surface area contributed by atoms with Crippen LogP contribution in [0.15, 0.2) is 29.4 Å². The predicted octanol–water partition coefficient (Wildman–Crippen LogP) is 0.269. The van der Waals surface area contributed by atoms with Crippen molar-refractivity contribution in [2.24, 2.45) is 5.10 Å². The normalized spacial score (nSPS) is 14.9. The summed E-state index contributed by atoms with van der Waals surface area (Å²) >= 11 is 0. The van der Waals surface area contributed by atoms with Crippen LogP contribution in [0.4, 0.5) is 0 Å². The van der Waals surface area contributed by atoms with Crippen molar-refractivity contribution in [3.8, 4) is 0 Å². The van der Waals surface area contributed by atoms with E-state index in [4.69, 9.17) is 0 Å². The van der Waals surface area contributed by atoms with Crippen molar-refractivity contribution in [3.63, 3.8) is 0 Å². The smallest absolute Gasteiger partial charge is 0.170 e. The first-order valence-corrected chi connectivity index (χ1v) is 3.77. The fourth-order valence-corrected chi connectivity index (χ4v) is 1.13. The van der Waals surface area contributed by atoms with Crippen LogP contribution in [0, 0.1) is 6.92 Å². The number of hydrogen-bond donors (Lipinski definition) is 3. The molecule has 0 saturated carbocycles. The summed E-state index contributed by atoms with van der Waals surface area (Å²) in [6, 6.07) is 8.14. The first kappa shape index (κ1) is 7.12. The highest BCUT2D eigenvalue weighted by Gasteiger charge is 2.06.